The van der Waals surface area contributed by atoms with Gasteiger partial charge in [0.15, 0.2) is 6.10 Å². The van der Waals surface area contributed by atoms with Gasteiger partial charge in [-0.15, -0.1) is 0 Å². The Balaban J connectivity index is 1.71. The number of ether oxygens (including phenoxy) is 1. The first-order valence-electron chi connectivity index (χ1n) is 6.55. The summed E-state index contributed by atoms with van der Waals surface area (Å²) in [6, 6.07) is 10.9. The molecule has 1 aliphatic heterocycles. The van der Waals surface area contributed by atoms with Crippen LogP contribution in [0.1, 0.15) is 11.9 Å². The summed E-state index contributed by atoms with van der Waals surface area (Å²) in [4.78, 5) is 7.62. The Bertz CT molecular complexity index is 794. The van der Waals surface area contributed by atoms with Gasteiger partial charge in [-0.2, -0.15) is 0 Å². The van der Waals surface area contributed by atoms with Crippen molar-refractivity contribution in [2.24, 2.45) is 0 Å². The minimum Gasteiger partial charge on any atom is -0.478 e. The number of hydrogen-bond acceptors (Lipinski definition) is 3. The second kappa shape index (κ2) is 4.73. The quantitative estimate of drug-likeness (QED) is 0.699. The van der Waals surface area contributed by atoms with Crippen LogP contribution in [0.25, 0.3) is 11.0 Å². The Morgan fingerprint density at radius 3 is 3.05 bits per heavy atom. The fourth-order valence-electron chi connectivity index (χ4n) is 2.44. The highest BCUT2D eigenvalue weighted by molar-refractivity contribution is 9.10. The lowest BCUT2D eigenvalue weighted by Crippen LogP contribution is -2.24. The van der Waals surface area contributed by atoms with Crippen molar-refractivity contribution in [3.05, 3.63) is 52.5 Å². The maximum Gasteiger partial charge on any atom is 0.173 e. The molecule has 0 amide bonds. The molecule has 1 atom stereocenters. The fourth-order valence-corrected chi connectivity index (χ4v) is 2.77. The predicted octanol–water partition coefficient (Wildman–Crippen LogP) is 4.01. The molecule has 2 N–H and O–H groups in total. The number of aromatic amines is 1. The zero-order valence-corrected chi connectivity index (χ0v) is 12.4. The standard InChI is InChI=1S/C15H11BrFN3O/c16-8-5-11-12(6-9(8)17)20-15(19-11)14-7-18-10-3-1-2-4-13(10)21-14/h1-6,14,18H,7H2,(H,19,20). The van der Waals surface area contributed by atoms with Gasteiger partial charge in [0.1, 0.15) is 17.4 Å². The van der Waals surface area contributed by atoms with Crippen molar-refractivity contribution in [1.82, 2.24) is 9.97 Å². The van der Waals surface area contributed by atoms with Crippen LogP contribution in [0.3, 0.4) is 0 Å². The molecule has 0 radical (unpaired) electrons. The summed E-state index contributed by atoms with van der Waals surface area (Å²) in [6.45, 7) is 0.612. The summed E-state index contributed by atoms with van der Waals surface area (Å²) in [7, 11) is 0. The molecule has 3 aromatic rings. The second-order valence-corrected chi connectivity index (χ2v) is 5.74. The molecule has 0 bridgehead atoms. The molecular formula is C15H11BrFN3O. The monoisotopic (exact) mass is 347 g/mol. The lowest BCUT2D eigenvalue weighted by atomic mass is 10.2. The minimum atomic E-state index is -0.314. The van der Waals surface area contributed by atoms with Gasteiger partial charge in [-0.25, -0.2) is 9.37 Å². The Morgan fingerprint density at radius 1 is 1.29 bits per heavy atom. The molecule has 21 heavy (non-hydrogen) atoms. The summed E-state index contributed by atoms with van der Waals surface area (Å²) in [5, 5.41) is 3.31. The molecule has 0 fully saturated rings. The Morgan fingerprint density at radius 2 is 2.14 bits per heavy atom. The third-order valence-corrected chi connectivity index (χ3v) is 4.09. The van der Waals surface area contributed by atoms with E-state index < -0.39 is 0 Å². The molecule has 1 aromatic heterocycles. The van der Waals surface area contributed by atoms with E-state index in [-0.39, 0.29) is 11.9 Å². The number of halogens is 2. The van der Waals surface area contributed by atoms with Gasteiger partial charge in [-0.1, -0.05) is 12.1 Å². The van der Waals surface area contributed by atoms with E-state index in [4.69, 9.17) is 4.74 Å². The Labute approximate surface area is 128 Å². The molecule has 0 saturated carbocycles. The van der Waals surface area contributed by atoms with Crippen LogP contribution in [0.2, 0.25) is 0 Å². The number of rotatable bonds is 1. The van der Waals surface area contributed by atoms with Gasteiger partial charge < -0.3 is 15.0 Å². The molecule has 1 unspecified atom stereocenters. The van der Waals surface area contributed by atoms with Gasteiger partial charge in [0.2, 0.25) is 0 Å². The molecular weight excluding hydrogens is 337 g/mol. The number of nitrogens with one attached hydrogen (secondary N) is 2. The van der Waals surface area contributed by atoms with Crippen LogP contribution in [-0.2, 0) is 0 Å². The molecule has 4 nitrogen and oxygen atoms in total. The van der Waals surface area contributed by atoms with E-state index >= 15 is 0 Å². The fraction of sp³-hybridized carbons (Fsp3) is 0.133. The molecule has 2 aromatic carbocycles. The third kappa shape index (κ3) is 2.15. The van der Waals surface area contributed by atoms with Crippen molar-refractivity contribution in [3.63, 3.8) is 0 Å². The first-order valence-corrected chi connectivity index (χ1v) is 7.34. The molecule has 6 heteroatoms. The van der Waals surface area contributed by atoms with Crippen LogP contribution in [0.4, 0.5) is 10.1 Å². The average Bonchev–Trinajstić information content (AvgIpc) is 2.90. The van der Waals surface area contributed by atoms with E-state index in [1.165, 1.54) is 6.07 Å². The number of H-pyrrole nitrogens is 1. The number of para-hydroxylation sites is 2. The van der Waals surface area contributed by atoms with Crippen molar-refractivity contribution in [3.8, 4) is 5.75 Å². The lowest BCUT2D eigenvalue weighted by molar-refractivity contribution is 0.202. The van der Waals surface area contributed by atoms with E-state index in [0.717, 1.165) is 11.4 Å². The molecule has 1 aliphatic rings. The Hall–Kier alpha value is -2.08. The van der Waals surface area contributed by atoms with Gasteiger partial charge in [-0.3, -0.25) is 0 Å². The van der Waals surface area contributed by atoms with Crippen LogP contribution in [0.15, 0.2) is 40.9 Å². The number of benzene rings is 2. The second-order valence-electron chi connectivity index (χ2n) is 4.89. The van der Waals surface area contributed by atoms with Crippen LogP contribution >= 0.6 is 15.9 Å². The molecule has 106 valence electrons. The molecule has 2 heterocycles. The van der Waals surface area contributed by atoms with Gasteiger partial charge >= 0.3 is 0 Å². The van der Waals surface area contributed by atoms with Crippen LogP contribution < -0.4 is 10.1 Å². The predicted molar refractivity (Wildman–Crippen MR) is 82.1 cm³/mol. The van der Waals surface area contributed by atoms with Crippen LogP contribution in [0.5, 0.6) is 5.75 Å². The lowest BCUT2D eigenvalue weighted by Gasteiger charge is -2.25. The number of imidazole rings is 1. The topological polar surface area (TPSA) is 49.9 Å². The first kappa shape index (κ1) is 12.6. The average molecular weight is 348 g/mol. The third-order valence-electron chi connectivity index (χ3n) is 3.48. The van der Waals surface area contributed by atoms with Crippen molar-refractivity contribution in [2.45, 2.75) is 6.10 Å². The van der Waals surface area contributed by atoms with E-state index in [1.54, 1.807) is 6.07 Å². The SMILES string of the molecule is Fc1cc2[nH]c(C3CNc4ccccc4O3)nc2cc1Br. The summed E-state index contributed by atoms with van der Waals surface area (Å²) < 4.78 is 19.9. The van der Waals surface area contributed by atoms with Crippen LogP contribution in [0, 0.1) is 5.82 Å². The highest BCUT2D eigenvalue weighted by Gasteiger charge is 2.23. The smallest absolute Gasteiger partial charge is 0.173 e. The molecule has 0 saturated heterocycles. The van der Waals surface area contributed by atoms with Crippen LogP contribution in [-0.4, -0.2) is 16.5 Å². The van der Waals surface area contributed by atoms with E-state index in [9.17, 15) is 4.39 Å². The maximum absolute atomic E-state index is 13.6. The molecule has 0 aliphatic carbocycles. The number of nitrogens with zero attached hydrogens (tertiary/aromatic N) is 1. The summed E-state index contributed by atoms with van der Waals surface area (Å²) >= 11 is 3.17. The summed E-state index contributed by atoms with van der Waals surface area (Å²) in [6.07, 6.45) is -0.228. The number of hydrogen-bond donors (Lipinski definition) is 2. The maximum atomic E-state index is 13.6. The normalized spacial score (nSPS) is 17.1. The highest BCUT2D eigenvalue weighted by Crippen LogP contribution is 2.33. The van der Waals surface area contributed by atoms with Crippen molar-refractivity contribution in [2.75, 3.05) is 11.9 Å². The van der Waals surface area contributed by atoms with Crippen molar-refractivity contribution >= 4 is 32.7 Å². The summed E-state index contributed by atoms with van der Waals surface area (Å²) in [5.74, 6) is 1.16. The van der Waals surface area contributed by atoms with Gasteiger partial charge in [0, 0.05) is 6.07 Å². The summed E-state index contributed by atoms with van der Waals surface area (Å²) in [5.41, 5.74) is 2.34. The number of anilines is 1. The molecule has 0 spiro atoms. The molecule has 4 rings (SSSR count). The van der Waals surface area contributed by atoms with Crippen molar-refractivity contribution in [1.29, 1.82) is 0 Å². The van der Waals surface area contributed by atoms with Gasteiger partial charge in [0.05, 0.1) is 27.7 Å². The van der Waals surface area contributed by atoms with Crippen molar-refractivity contribution < 1.29 is 9.13 Å². The van der Waals surface area contributed by atoms with E-state index in [0.29, 0.717) is 27.9 Å². The Kier molecular flexibility index (Phi) is 2.85. The first-order chi connectivity index (χ1) is 10.2. The zero-order chi connectivity index (χ0) is 14.4. The highest BCUT2D eigenvalue weighted by atomic mass is 79.9. The van der Waals surface area contributed by atoms with E-state index in [1.807, 2.05) is 24.3 Å². The van der Waals surface area contributed by atoms with Gasteiger partial charge in [-0.05, 0) is 34.1 Å². The minimum absolute atomic E-state index is 0.228. The van der Waals surface area contributed by atoms with E-state index in [2.05, 4.69) is 31.2 Å². The largest absolute Gasteiger partial charge is 0.478 e. The number of fused-ring (bicyclic) bond motifs is 2. The number of aromatic nitrogens is 2. The zero-order valence-electron chi connectivity index (χ0n) is 10.9. The van der Waals surface area contributed by atoms with Gasteiger partial charge in [0.25, 0.3) is 0 Å².